The zero-order valence-corrected chi connectivity index (χ0v) is 6.64. The molecule has 0 radical (unpaired) electrons. The molecule has 2 heteroatoms. The van der Waals surface area contributed by atoms with E-state index in [-0.39, 0.29) is 0 Å². The van der Waals surface area contributed by atoms with Gasteiger partial charge in [-0.05, 0) is 32.7 Å². The molecule has 0 saturated carbocycles. The minimum atomic E-state index is 0.726. The zero-order valence-electron chi connectivity index (χ0n) is 6.64. The first-order valence-electron chi connectivity index (χ1n) is 4.36. The molecule has 0 bridgehead atoms. The largest absolute Gasteiger partial charge is 0.299 e. The molecular formula is C8H16N2. The zero-order chi connectivity index (χ0) is 6.97. The summed E-state index contributed by atoms with van der Waals surface area (Å²) in [5.74, 6) is 0. The summed E-state index contributed by atoms with van der Waals surface area (Å²) in [4.78, 5) is 2.57. The lowest BCUT2D eigenvalue weighted by Gasteiger charge is -2.34. The number of nitrogens with one attached hydrogen (secondary N) is 1. The van der Waals surface area contributed by atoms with Crippen LogP contribution in [0.15, 0.2) is 0 Å². The predicted molar refractivity (Wildman–Crippen MR) is 41.8 cm³/mol. The lowest BCUT2D eigenvalue weighted by Crippen LogP contribution is -2.51. The summed E-state index contributed by atoms with van der Waals surface area (Å²) in [6.07, 6.45) is 4.81. The summed E-state index contributed by atoms with van der Waals surface area (Å²) in [7, 11) is 0. The van der Waals surface area contributed by atoms with Crippen molar-refractivity contribution < 1.29 is 0 Å². The summed E-state index contributed by atoms with van der Waals surface area (Å²) in [6, 6.07) is 0.749. The van der Waals surface area contributed by atoms with Crippen molar-refractivity contribution in [2.45, 2.75) is 38.4 Å². The maximum absolute atomic E-state index is 3.60. The van der Waals surface area contributed by atoms with E-state index < -0.39 is 0 Å². The van der Waals surface area contributed by atoms with E-state index in [4.69, 9.17) is 0 Å². The summed E-state index contributed by atoms with van der Waals surface area (Å²) >= 11 is 0. The second kappa shape index (κ2) is 2.51. The van der Waals surface area contributed by atoms with Crippen LogP contribution in [-0.4, -0.2) is 30.2 Å². The molecule has 0 amide bonds. The van der Waals surface area contributed by atoms with Gasteiger partial charge in [0.15, 0.2) is 0 Å². The minimum Gasteiger partial charge on any atom is -0.299 e. The predicted octanol–water partition coefficient (Wildman–Crippen LogP) is 0.790. The van der Waals surface area contributed by atoms with Crippen LogP contribution in [0.2, 0.25) is 0 Å². The first-order valence-corrected chi connectivity index (χ1v) is 4.36. The van der Waals surface area contributed by atoms with Gasteiger partial charge in [-0.3, -0.25) is 10.2 Å². The van der Waals surface area contributed by atoms with Crippen molar-refractivity contribution in [1.82, 2.24) is 10.2 Å². The van der Waals surface area contributed by atoms with Gasteiger partial charge in [-0.15, -0.1) is 0 Å². The lowest BCUT2D eigenvalue weighted by molar-refractivity contribution is 0.151. The highest BCUT2D eigenvalue weighted by Crippen LogP contribution is 2.19. The van der Waals surface area contributed by atoms with E-state index >= 15 is 0 Å². The van der Waals surface area contributed by atoms with E-state index in [0.29, 0.717) is 0 Å². The molecule has 2 aliphatic rings. The van der Waals surface area contributed by atoms with Crippen LogP contribution in [0.4, 0.5) is 0 Å². The molecule has 2 saturated heterocycles. The fourth-order valence-electron chi connectivity index (χ4n) is 2.05. The van der Waals surface area contributed by atoms with Crippen LogP contribution in [0.5, 0.6) is 0 Å². The van der Waals surface area contributed by atoms with Gasteiger partial charge in [0.2, 0.25) is 0 Å². The van der Waals surface area contributed by atoms with E-state index in [0.717, 1.165) is 12.2 Å². The van der Waals surface area contributed by atoms with Gasteiger partial charge in [-0.1, -0.05) is 0 Å². The van der Waals surface area contributed by atoms with Gasteiger partial charge in [-0.2, -0.15) is 0 Å². The molecule has 2 aliphatic heterocycles. The van der Waals surface area contributed by atoms with Crippen molar-refractivity contribution in [2.24, 2.45) is 0 Å². The number of rotatable bonds is 0. The highest BCUT2D eigenvalue weighted by molar-refractivity contribution is 4.84. The molecular weight excluding hydrogens is 124 g/mol. The van der Waals surface area contributed by atoms with E-state index in [1.807, 2.05) is 0 Å². The van der Waals surface area contributed by atoms with Crippen LogP contribution in [-0.2, 0) is 0 Å². The van der Waals surface area contributed by atoms with Gasteiger partial charge in [0.25, 0.3) is 0 Å². The SMILES string of the molecule is CC1CCN2CCCC2N1. The molecule has 2 nitrogen and oxygen atoms in total. The van der Waals surface area contributed by atoms with E-state index in [9.17, 15) is 0 Å². The molecule has 0 aliphatic carbocycles. The Hall–Kier alpha value is -0.0800. The lowest BCUT2D eigenvalue weighted by atomic mass is 10.1. The number of hydrogen-bond donors (Lipinski definition) is 1. The van der Waals surface area contributed by atoms with Gasteiger partial charge in [0.1, 0.15) is 0 Å². The summed E-state index contributed by atoms with van der Waals surface area (Å²) in [5, 5.41) is 3.60. The average Bonchev–Trinajstić information content (AvgIpc) is 2.33. The second-order valence-electron chi connectivity index (χ2n) is 3.55. The third-order valence-corrected chi connectivity index (χ3v) is 2.69. The highest BCUT2D eigenvalue weighted by atomic mass is 15.3. The topological polar surface area (TPSA) is 15.3 Å². The van der Waals surface area contributed by atoms with Crippen LogP contribution < -0.4 is 5.32 Å². The maximum atomic E-state index is 3.60. The first kappa shape index (κ1) is 6.62. The monoisotopic (exact) mass is 140 g/mol. The quantitative estimate of drug-likeness (QED) is 0.535. The molecule has 2 heterocycles. The molecule has 10 heavy (non-hydrogen) atoms. The summed E-state index contributed by atoms with van der Waals surface area (Å²) in [6.45, 7) is 4.93. The van der Waals surface area contributed by atoms with Gasteiger partial charge >= 0.3 is 0 Å². The Kier molecular flexibility index (Phi) is 1.66. The van der Waals surface area contributed by atoms with Crippen molar-refractivity contribution in [3.05, 3.63) is 0 Å². The van der Waals surface area contributed by atoms with Crippen LogP contribution in [0.25, 0.3) is 0 Å². The molecule has 0 aromatic carbocycles. The minimum absolute atomic E-state index is 0.726. The molecule has 1 N–H and O–H groups in total. The molecule has 2 unspecified atom stereocenters. The average molecular weight is 140 g/mol. The van der Waals surface area contributed by atoms with Crippen molar-refractivity contribution in [1.29, 1.82) is 0 Å². The Labute approximate surface area is 62.6 Å². The molecule has 0 aromatic rings. The Morgan fingerprint density at radius 2 is 2.20 bits per heavy atom. The van der Waals surface area contributed by atoms with E-state index in [1.165, 1.54) is 32.4 Å². The van der Waals surface area contributed by atoms with E-state index in [2.05, 4.69) is 17.1 Å². The Morgan fingerprint density at radius 1 is 1.30 bits per heavy atom. The standard InChI is InChI=1S/C8H16N2/c1-7-4-6-10-5-2-3-8(10)9-7/h7-9H,2-6H2,1H3. The van der Waals surface area contributed by atoms with Crippen LogP contribution in [0, 0.1) is 0 Å². The first-order chi connectivity index (χ1) is 4.86. The van der Waals surface area contributed by atoms with Gasteiger partial charge in [0, 0.05) is 12.6 Å². The molecule has 2 fully saturated rings. The molecule has 0 aromatic heterocycles. The normalized spacial score (nSPS) is 41.7. The summed E-state index contributed by atoms with van der Waals surface area (Å²) < 4.78 is 0. The second-order valence-corrected chi connectivity index (χ2v) is 3.55. The Bertz CT molecular complexity index is 124. The van der Waals surface area contributed by atoms with Crippen LogP contribution in [0.3, 0.4) is 0 Å². The Balaban J connectivity index is 1.96. The third-order valence-electron chi connectivity index (χ3n) is 2.69. The van der Waals surface area contributed by atoms with Gasteiger partial charge in [0.05, 0.1) is 6.17 Å². The molecule has 2 rings (SSSR count). The number of fused-ring (bicyclic) bond motifs is 1. The van der Waals surface area contributed by atoms with Gasteiger partial charge in [-0.25, -0.2) is 0 Å². The molecule has 2 atom stereocenters. The molecule has 58 valence electrons. The third kappa shape index (κ3) is 1.06. The van der Waals surface area contributed by atoms with Crippen molar-refractivity contribution >= 4 is 0 Å². The smallest absolute Gasteiger partial charge is 0.0599 e. The maximum Gasteiger partial charge on any atom is 0.0599 e. The Morgan fingerprint density at radius 3 is 3.10 bits per heavy atom. The van der Waals surface area contributed by atoms with Crippen molar-refractivity contribution in [2.75, 3.05) is 13.1 Å². The highest BCUT2D eigenvalue weighted by Gasteiger charge is 2.28. The van der Waals surface area contributed by atoms with Crippen molar-refractivity contribution in [3.63, 3.8) is 0 Å². The van der Waals surface area contributed by atoms with Gasteiger partial charge < -0.3 is 0 Å². The van der Waals surface area contributed by atoms with E-state index in [1.54, 1.807) is 0 Å². The fraction of sp³-hybridized carbons (Fsp3) is 1.00. The fourth-order valence-corrected chi connectivity index (χ4v) is 2.05. The number of hydrogen-bond acceptors (Lipinski definition) is 2. The van der Waals surface area contributed by atoms with Crippen LogP contribution >= 0.6 is 0 Å². The number of nitrogens with zero attached hydrogens (tertiary/aromatic N) is 1. The van der Waals surface area contributed by atoms with Crippen molar-refractivity contribution in [3.8, 4) is 0 Å². The molecule has 0 spiro atoms. The van der Waals surface area contributed by atoms with Crippen LogP contribution in [0.1, 0.15) is 26.2 Å². The summed E-state index contributed by atoms with van der Waals surface area (Å²) in [5.41, 5.74) is 0.